The minimum Gasteiger partial charge on any atom is -0.463 e. The lowest BCUT2D eigenvalue weighted by molar-refractivity contribution is -0.151. The molecule has 1 aromatic rings. The highest BCUT2D eigenvalue weighted by molar-refractivity contribution is 6.07. The topological polar surface area (TPSA) is 68.0 Å². The summed E-state index contributed by atoms with van der Waals surface area (Å²) in [5, 5.41) is 0. The fourth-order valence-corrected chi connectivity index (χ4v) is 2.83. The number of amides is 2. The lowest BCUT2D eigenvalue weighted by Gasteiger charge is -2.24. The Labute approximate surface area is 134 Å². The van der Waals surface area contributed by atoms with Crippen LogP contribution in [0.2, 0.25) is 0 Å². The third kappa shape index (κ3) is 2.50. The van der Waals surface area contributed by atoms with Crippen LogP contribution in [0, 0.1) is 12.5 Å². The predicted octanol–water partition coefficient (Wildman–Crippen LogP) is 1.54. The molecule has 1 heterocycles. The highest BCUT2D eigenvalue weighted by atomic mass is 16.5. The van der Waals surface area contributed by atoms with E-state index in [0.29, 0.717) is 5.56 Å². The van der Waals surface area contributed by atoms with Gasteiger partial charge in [-0.25, -0.2) is 11.4 Å². The van der Waals surface area contributed by atoms with Crippen molar-refractivity contribution < 1.29 is 19.1 Å². The molecule has 0 spiro atoms. The van der Waals surface area contributed by atoms with E-state index in [1.54, 1.807) is 30.3 Å². The molecule has 1 aromatic carbocycles. The highest BCUT2D eigenvalue weighted by Crippen LogP contribution is 2.41. The van der Waals surface area contributed by atoms with Crippen molar-refractivity contribution in [2.75, 3.05) is 13.7 Å². The second kappa shape index (κ2) is 6.44. The number of imide groups is 1. The fraction of sp³-hybridized carbons (Fsp3) is 0.294. The molecular formula is C17H16N2O4. The molecular weight excluding hydrogens is 296 g/mol. The number of methoxy groups -OCH3 is 1. The van der Waals surface area contributed by atoms with Crippen LogP contribution < -0.4 is 0 Å². The van der Waals surface area contributed by atoms with Crippen molar-refractivity contribution in [2.24, 2.45) is 5.92 Å². The molecule has 0 aromatic heterocycles. The zero-order chi connectivity index (χ0) is 17.0. The van der Waals surface area contributed by atoms with Crippen LogP contribution in [0.15, 0.2) is 43.0 Å². The van der Waals surface area contributed by atoms with Gasteiger partial charge in [-0.2, -0.15) is 0 Å². The van der Waals surface area contributed by atoms with E-state index in [1.807, 2.05) is 0 Å². The number of carbonyl (C=O) groups is 3. The van der Waals surface area contributed by atoms with Crippen LogP contribution in [0.5, 0.6) is 0 Å². The second-order valence-electron chi connectivity index (χ2n) is 5.12. The van der Waals surface area contributed by atoms with E-state index >= 15 is 0 Å². The van der Waals surface area contributed by atoms with Crippen molar-refractivity contribution >= 4 is 17.8 Å². The minimum atomic E-state index is -1.86. The summed E-state index contributed by atoms with van der Waals surface area (Å²) in [5.41, 5.74) is -1.52. The number of nitrogens with zero attached hydrogens (tertiary/aromatic N) is 2. The van der Waals surface area contributed by atoms with Gasteiger partial charge in [0, 0.05) is 18.5 Å². The Morgan fingerprint density at radius 2 is 2.13 bits per heavy atom. The van der Waals surface area contributed by atoms with Gasteiger partial charge in [0.1, 0.15) is 5.92 Å². The van der Waals surface area contributed by atoms with Crippen molar-refractivity contribution in [3.8, 4) is 0 Å². The van der Waals surface area contributed by atoms with Crippen molar-refractivity contribution in [3.05, 3.63) is 60.0 Å². The van der Waals surface area contributed by atoms with Crippen molar-refractivity contribution in [1.82, 2.24) is 4.90 Å². The predicted molar refractivity (Wildman–Crippen MR) is 81.8 cm³/mol. The zero-order valence-corrected chi connectivity index (χ0v) is 12.7. The van der Waals surface area contributed by atoms with Crippen LogP contribution in [0.1, 0.15) is 12.0 Å². The molecule has 0 aliphatic carbocycles. The fourth-order valence-electron chi connectivity index (χ4n) is 2.83. The molecule has 0 unspecified atom stereocenters. The summed E-state index contributed by atoms with van der Waals surface area (Å²) in [6, 6.07) is 8.24. The van der Waals surface area contributed by atoms with Crippen LogP contribution in [0.4, 0.5) is 0 Å². The number of esters is 1. The molecule has 0 radical (unpaired) electrons. The van der Waals surface area contributed by atoms with Crippen molar-refractivity contribution in [2.45, 2.75) is 12.0 Å². The quantitative estimate of drug-likeness (QED) is 0.358. The number of ether oxygens (including phenoxy) is 1. The number of hydrogen-bond donors (Lipinski definition) is 0. The summed E-state index contributed by atoms with van der Waals surface area (Å²) in [6.07, 6.45) is 1.22. The number of hydrogen-bond acceptors (Lipinski definition) is 4. The zero-order valence-electron chi connectivity index (χ0n) is 12.7. The van der Waals surface area contributed by atoms with Gasteiger partial charge in [-0.3, -0.25) is 19.3 Å². The van der Waals surface area contributed by atoms with Gasteiger partial charge in [-0.15, -0.1) is 6.58 Å². The highest BCUT2D eigenvalue weighted by Gasteiger charge is 2.63. The summed E-state index contributed by atoms with van der Waals surface area (Å²) in [5.74, 6) is -2.93. The molecule has 6 nitrogen and oxygen atoms in total. The monoisotopic (exact) mass is 312 g/mol. The van der Waals surface area contributed by atoms with E-state index in [9.17, 15) is 14.4 Å². The molecule has 2 atom stereocenters. The van der Waals surface area contributed by atoms with Gasteiger partial charge in [-0.05, 0) is 0 Å². The van der Waals surface area contributed by atoms with Gasteiger partial charge in [0.15, 0.2) is 0 Å². The molecule has 23 heavy (non-hydrogen) atoms. The Morgan fingerprint density at radius 3 is 2.65 bits per heavy atom. The third-order valence-corrected chi connectivity index (χ3v) is 3.95. The molecule has 2 amide bonds. The Kier molecular flexibility index (Phi) is 4.60. The Balaban J connectivity index is 2.58. The van der Waals surface area contributed by atoms with Crippen LogP contribution in [-0.4, -0.2) is 36.3 Å². The number of rotatable bonds is 5. The SMILES string of the molecule is [C-]#[N+][C@@](C(=O)OC)(c1ccccc1)[C@H]1CC(=O)N(CC=C)C1=O. The van der Waals surface area contributed by atoms with Gasteiger partial charge < -0.3 is 4.74 Å². The van der Waals surface area contributed by atoms with E-state index in [1.165, 1.54) is 6.08 Å². The van der Waals surface area contributed by atoms with Gasteiger partial charge in [0.25, 0.3) is 0 Å². The van der Waals surface area contributed by atoms with Gasteiger partial charge >= 0.3 is 11.5 Å². The average Bonchev–Trinajstić information content (AvgIpc) is 2.86. The maximum atomic E-state index is 12.6. The summed E-state index contributed by atoms with van der Waals surface area (Å²) < 4.78 is 4.80. The number of carbonyl (C=O) groups excluding carboxylic acids is 3. The molecule has 0 N–H and O–H groups in total. The molecule has 1 saturated heterocycles. The normalized spacial score (nSPS) is 19.8. The Bertz CT molecular complexity index is 692. The van der Waals surface area contributed by atoms with Crippen LogP contribution in [0.3, 0.4) is 0 Å². The van der Waals surface area contributed by atoms with E-state index in [0.717, 1.165) is 12.0 Å². The largest absolute Gasteiger partial charge is 0.463 e. The van der Waals surface area contributed by atoms with Gasteiger partial charge in [0.05, 0.1) is 7.11 Å². The number of likely N-dealkylation sites (tertiary alicyclic amines) is 1. The van der Waals surface area contributed by atoms with E-state index in [2.05, 4.69) is 11.4 Å². The van der Waals surface area contributed by atoms with Crippen LogP contribution in [-0.2, 0) is 24.7 Å². The minimum absolute atomic E-state index is 0.0538. The summed E-state index contributed by atoms with van der Waals surface area (Å²) in [4.78, 5) is 41.6. The summed E-state index contributed by atoms with van der Waals surface area (Å²) in [6.45, 7) is 11.2. The third-order valence-electron chi connectivity index (χ3n) is 3.95. The molecule has 6 heteroatoms. The van der Waals surface area contributed by atoms with Crippen LogP contribution in [0.25, 0.3) is 4.85 Å². The molecule has 0 bridgehead atoms. The average molecular weight is 312 g/mol. The molecule has 1 fully saturated rings. The van der Waals surface area contributed by atoms with E-state index < -0.39 is 29.2 Å². The second-order valence-corrected chi connectivity index (χ2v) is 5.12. The smallest absolute Gasteiger partial charge is 0.399 e. The number of benzene rings is 1. The first kappa shape index (κ1) is 16.4. The lowest BCUT2D eigenvalue weighted by atomic mass is 9.77. The summed E-state index contributed by atoms with van der Waals surface area (Å²) in [7, 11) is 1.16. The summed E-state index contributed by atoms with van der Waals surface area (Å²) >= 11 is 0. The van der Waals surface area contributed by atoms with Crippen molar-refractivity contribution in [3.63, 3.8) is 0 Å². The Hall–Kier alpha value is -2.94. The van der Waals surface area contributed by atoms with Gasteiger partial charge in [0.2, 0.25) is 11.8 Å². The van der Waals surface area contributed by atoms with Crippen molar-refractivity contribution in [1.29, 1.82) is 0 Å². The standard InChI is InChI=1S/C17H16N2O4/c1-4-10-19-14(20)11-13(15(19)21)17(18-2,16(22)23-3)12-8-6-5-7-9-12/h4-9,13H,1,10-11H2,3H3/t13-,17-/m0/s1. The first-order chi connectivity index (χ1) is 11.0. The maximum Gasteiger partial charge on any atom is 0.399 e. The Morgan fingerprint density at radius 1 is 1.48 bits per heavy atom. The molecule has 1 aliphatic heterocycles. The molecule has 118 valence electrons. The lowest BCUT2D eigenvalue weighted by Crippen LogP contribution is -2.45. The molecule has 1 aliphatic rings. The van der Waals surface area contributed by atoms with Crippen LogP contribution >= 0.6 is 0 Å². The molecule has 0 saturated carbocycles. The first-order valence-corrected chi connectivity index (χ1v) is 7.00. The van der Waals surface area contributed by atoms with Gasteiger partial charge in [-0.1, -0.05) is 36.4 Å². The van der Waals surface area contributed by atoms with E-state index in [-0.39, 0.29) is 13.0 Å². The first-order valence-electron chi connectivity index (χ1n) is 7.00. The van der Waals surface area contributed by atoms with E-state index in [4.69, 9.17) is 11.3 Å². The maximum absolute atomic E-state index is 12.6. The molecule has 2 rings (SSSR count).